The number of aliphatic hydroxyl groups is 1. The van der Waals surface area contributed by atoms with Crippen molar-refractivity contribution in [3.63, 3.8) is 0 Å². The Morgan fingerprint density at radius 3 is 2.53 bits per heavy atom. The van der Waals surface area contributed by atoms with E-state index in [1.54, 1.807) is 6.92 Å². The first-order chi connectivity index (χ1) is 14.0. The Kier molecular flexibility index (Phi) is 5.50. The van der Waals surface area contributed by atoms with Gasteiger partial charge in [0.1, 0.15) is 0 Å². The molecule has 0 radical (unpaired) electrons. The molecule has 0 unspecified atom stereocenters. The molecule has 3 saturated carbocycles. The van der Waals surface area contributed by atoms with Gasteiger partial charge in [-0.15, -0.1) is 0 Å². The summed E-state index contributed by atoms with van der Waals surface area (Å²) in [5.41, 5.74) is -0.0514. The third-order valence-corrected chi connectivity index (χ3v) is 10.5. The SMILES string of the molecule is CC(=O)S[C@H]1CC2=CC(=O)CC[C@]2(C)[C@H]2CC[C@@]3(C)[C@@H](CC[C@@]3(O)CCC(=O)O)[C@H]12. The molecule has 4 rings (SSSR count). The van der Waals surface area contributed by atoms with Gasteiger partial charge in [-0.2, -0.15) is 0 Å². The number of carboxylic acids is 1. The van der Waals surface area contributed by atoms with Gasteiger partial charge in [0.05, 0.1) is 5.60 Å². The zero-order valence-electron chi connectivity index (χ0n) is 18.3. The molecule has 0 aromatic heterocycles. The highest BCUT2D eigenvalue weighted by molar-refractivity contribution is 8.14. The molecule has 166 valence electrons. The Morgan fingerprint density at radius 1 is 1.17 bits per heavy atom. The van der Waals surface area contributed by atoms with Crippen LogP contribution in [0.25, 0.3) is 0 Å². The van der Waals surface area contributed by atoms with Crippen LogP contribution in [0.2, 0.25) is 0 Å². The third kappa shape index (κ3) is 3.29. The number of thioether (sulfide) groups is 1. The lowest BCUT2D eigenvalue weighted by atomic mass is 9.46. The summed E-state index contributed by atoms with van der Waals surface area (Å²) in [5, 5.41) is 21.0. The standard InChI is InChI=1S/C24H34O5S/c1-14(25)30-19-13-15-12-16(26)4-8-22(15,2)17-5-9-23(3)18(21(17)19)6-10-24(23,29)11-7-20(27)28/h12,17-19,21,29H,4-11,13H2,1-3H3,(H,27,28)/t17-,18-,19-,21+,22-,23-,24+/m0/s1. The van der Waals surface area contributed by atoms with Crippen LogP contribution in [0, 0.1) is 28.6 Å². The number of carbonyl (C=O) groups excluding carboxylic acids is 2. The Hall–Kier alpha value is -1.14. The lowest BCUT2D eigenvalue weighted by molar-refractivity contribution is -0.146. The van der Waals surface area contributed by atoms with Crippen molar-refractivity contribution >= 4 is 28.6 Å². The maximum Gasteiger partial charge on any atom is 0.303 e. The van der Waals surface area contributed by atoms with Crippen LogP contribution < -0.4 is 0 Å². The Bertz CT molecular complexity index is 805. The van der Waals surface area contributed by atoms with E-state index < -0.39 is 11.6 Å². The smallest absolute Gasteiger partial charge is 0.303 e. The fraction of sp³-hybridized carbons (Fsp3) is 0.792. The molecule has 0 spiro atoms. The van der Waals surface area contributed by atoms with E-state index in [1.165, 1.54) is 17.3 Å². The molecule has 6 heteroatoms. The normalized spacial score (nSPS) is 45.2. The minimum Gasteiger partial charge on any atom is -0.481 e. The molecule has 0 bridgehead atoms. The topological polar surface area (TPSA) is 91.7 Å². The minimum atomic E-state index is -0.952. The van der Waals surface area contributed by atoms with Crippen molar-refractivity contribution in [2.75, 3.05) is 0 Å². The first-order valence-corrected chi connectivity index (χ1v) is 12.2. The second-order valence-corrected chi connectivity index (χ2v) is 12.0. The second-order valence-electron chi connectivity index (χ2n) is 10.6. The highest BCUT2D eigenvalue weighted by atomic mass is 32.2. The van der Waals surface area contributed by atoms with Crippen LogP contribution in [-0.2, 0) is 14.4 Å². The molecule has 30 heavy (non-hydrogen) atoms. The van der Waals surface area contributed by atoms with E-state index in [-0.39, 0.29) is 39.3 Å². The number of aliphatic carboxylic acids is 1. The van der Waals surface area contributed by atoms with Crippen LogP contribution in [0.15, 0.2) is 11.6 Å². The lowest BCUT2D eigenvalue weighted by Gasteiger charge is -2.61. The summed E-state index contributed by atoms with van der Waals surface area (Å²) >= 11 is 1.42. The van der Waals surface area contributed by atoms with Crippen LogP contribution >= 0.6 is 11.8 Å². The average molecular weight is 435 g/mol. The second kappa shape index (κ2) is 7.47. The molecule has 0 saturated heterocycles. The summed E-state index contributed by atoms with van der Waals surface area (Å²) < 4.78 is 0. The number of ketones is 1. The Labute approximate surface area is 183 Å². The van der Waals surface area contributed by atoms with E-state index in [2.05, 4.69) is 13.8 Å². The lowest BCUT2D eigenvalue weighted by Crippen LogP contribution is -2.58. The van der Waals surface area contributed by atoms with Crippen LogP contribution in [0.4, 0.5) is 0 Å². The summed E-state index contributed by atoms with van der Waals surface area (Å²) in [6.45, 7) is 6.09. The van der Waals surface area contributed by atoms with Crippen molar-refractivity contribution in [3.05, 3.63) is 11.6 Å². The maximum absolute atomic E-state index is 12.2. The van der Waals surface area contributed by atoms with E-state index in [9.17, 15) is 24.6 Å². The molecule has 4 aliphatic rings. The van der Waals surface area contributed by atoms with Gasteiger partial charge in [-0.3, -0.25) is 14.4 Å². The summed E-state index contributed by atoms with van der Waals surface area (Å²) in [6, 6.07) is 0. The Morgan fingerprint density at radius 2 is 1.87 bits per heavy atom. The van der Waals surface area contributed by atoms with Gasteiger partial charge in [0.15, 0.2) is 10.9 Å². The van der Waals surface area contributed by atoms with Gasteiger partial charge in [0.2, 0.25) is 0 Å². The predicted molar refractivity (Wildman–Crippen MR) is 116 cm³/mol. The molecule has 7 atom stereocenters. The molecule has 2 N–H and O–H groups in total. The summed E-state index contributed by atoms with van der Waals surface area (Å²) in [4.78, 5) is 35.5. The largest absolute Gasteiger partial charge is 0.481 e. The Balaban J connectivity index is 1.71. The van der Waals surface area contributed by atoms with Crippen molar-refractivity contribution in [2.24, 2.45) is 28.6 Å². The maximum atomic E-state index is 12.2. The zero-order chi connectivity index (χ0) is 21.9. The van der Waals surface area contributed by atoms with E-state index in [4.69, 9.17) is 0 Å². The summed E-state index contributed by atoms with van der Waals surface area (Å²) in [5.74, 6) is 0.343. The highest BCUT2D eigenvalue weighted by Crippen LogP contribution is 2.69. The number of carbonyl (C=O) groups is 3. The van der Waals surface area contributed by atoms with E-state index >= 15 is 0 Å². The fourth-order valence-corrected chi connectivity index (χ4v) is 8.90. The monoisotopic (exact) mass is 434 g/mol. The minimum absolute atomic E-state index is 0.00444. The van der Waals surface area contributed by atoms with Crippen LogP contribution in [0.5, 0.6) is 0 Å². The molecule has 0 amide bonds. The summed E-state index contributed by atoms with van der Waals surface area (Å²) in [7, 11) is 0. The zero-order valence-corrected chi connectivity index (χ0v) is 19.1. The fourth-order valence-electron chi connectivity index (χ4n) is 7.67. The number of hydrogen-bond donors (Lipinski definition) is 2. The van der Waals surface area contributed by atoms with Crippen LogP contribution in [-0.4, -0.2) is 37.9 Å². The van der Waals surface area contributed by atoms with E-state index in [0.717, 1.165) is 32.1 Å². The quantitative estimate of drug-likeness (QED) is 0.683. The van der Waals surface area contributed by atoms with E-state index in [1.807, 2.05) is 6.08 Å². The van der Waals surface area contributed by atoms with Crippen molar-refractivity contribution in [1.82, 2.24) is 0 Å². The number of allylic oxidation sites excluding steroid dienone is 1. The molecule has 0 aromatic rings. The van der Waals surface area contributed by atoms with Gasteiger partial charge in [0, 0.05) is 25.0 Å². The average Bonchev–Trinajstić information content (AvgIpc) is 2.93. The molecule has 0 heterocycles. The van der Waals surface area contributed by atoms with Gasteiger partial charge in [-0.1, -0.05) is 31.2 Å². The number of hydrogen-bond acceptors (Lipinski definition) is 5. The predicted octanol–water partition coefficient (Wildman–Crippen LogP) is 4.37. The van der Waals surface area contributed by atoms with Crippen LogP contribution in [0.3, 0.4) is 0 Å². The molecule has 5 nitrogen and oxygen atoms in total. The molecule has 0 aromatic carbocycles. The van der Waals surface area contributed by atoms with Gasteiger partial charge in [0.25, 0.3) is 0 Å². The highest BCUT2D eigenvalue weighted by Gasteiger charge is 2.65. The molecule has 3 fully saturated rings. The van der Waals surface area contributed by atoms with Crippen molar-refractivity contribution in [1.29, 1.82) is 0 Å². The number of carboxylic acid groups (broad SMARTS) is 1. The third-order valence-electron chi connectivity index (χ3n) is 9.35. The summed E-state index contributed by atoms with van der Waals surface area (Å²) in [6.07, 6.45) is 7.76. The molecule has 0 aliphatic heterocycles. The molecule has 4 aliphatic carbocycles. The number of fused-ring (bicyclic) bond motifs is 5. The van der Waals surface area contributed by atoms with Gasteiger partial charge in [-0.25, -0.2) is 0 Å². The molecular weight excluding hydrogens is 400 g/mol. The van der Waals surface area contributed by atoms with Gasteiger partial charge < -0.3 is 10.2 Å². The number of rotatable bonds is 4. The molecular formula is C24H34O5S. The first kappa shape index (κ1) is 22.1. The van der Waals surface area contributed by atoms with E-state index in [0.29, 0.717) is 31.1 Å². The van der Waals surface area contributed by atoms with Gasteiger partial charge in [-0.05, 0) is 79.6 Å². The van der Waals surface area contributed by atoms with Gasteiger partial charge >= 0.3 is 5.97 Å². The first-order valence-electron chi connectivity index (χ1n) is 11.4. The van der Waals surface area contributed by atoms with Crippen molar-refractivity contribution < 1.29 is 24.6 Å². The van der Waals surface area contributed by atoms with Crippen molar-refractivity contribution in [2.45, 2.75) is 89.4 Å². The van der Waals surface area contributed by atoms with Crippen LogP contribution in [0.1, 0.15) is 78.6 Å². The van der Waals surface area contributed by atoms with Crippen molar-refractivity contribution in [3.8, 4) is 0 Å².